The molecule has 3 N–H and O–H groups in total. The topological polar surface area (TPSA) is 99.0 Å². The fourth-order valence-corrected chi connectivity index (χ4v) is 2.31. The quantitative estimate of drug-likeness (QED) is 0.506. The molecule has 2 aromatic rings. The maximum Gasteiger partial charge on any atom is 0.293 e. The summed E-state index contributed by atoms with van der Waals surface area (Å²) in [6.45, 7) is 4.22. The first-order chi connectivity index (χ1) is 9.45. The Morgan fingerprint density at radius 2 is 2.20 bits per heavy atom. The van der Waals surface area contributed by atoms with Gasteiger partial charge in [-0.15, -0.1) is 0 Å². The molecule has 0 radical (unpaired) electrons. The van der Waals surface area contributed by atoms with Crippen LogP contribution in [0.5, 0.6) is 0 Å². The van der Waals surface area contributed by atoms with Gasteiger partial charge < -0.3 is 5.43 Å². The van der Waals surface area contributed by atoms with Gasteiger partial charge >= 0.3 is 0 Å². The zero-order valence-corrected chi connectivity index (χ0v) is 12.6. The van der Waals surface area contributed by atoms with Gasteiger partial charge in [-0.1, -0.05) is 12.1 Å². The van der Waals surface area contributed by atoms with Crippen LogP contribution >= 0.6 is 15.9 Å². The summed E-state index contributed by atoms with van der Waals surface area (Å²) < 4.78 is 2.71. The average Bonchev–Trinajstić information content (AvgIpc) is 2.66. The molecule has 1 aromatic carbocycles. The molecule has 1 aromatic heterocycles. The highest BCUT2D eigenvalue weighted by Gasteiger charge is 2.18. The number of halogens is 1. The average molecular weight is 340 g/mol. The molecule has 0 saturated carbocycles. The highest BCUT2D eigenvalue weighted by atomic mass is 79.9. The van der Waals surface area contributed by atoms with Gasteiger partial charge in [-0.2, -0.15) is 5.10 Å². The number of rotatable bonds is 4. The van der Waals surface area contributed by atoms with Gasteiger partial charge in [0.15, 0.2) is 0 Å². The van der Waals surface area contributed by atoms with Crippen molar-refractivity contribution in [3.63, 3.8) is 0 Å². The van der Waals surface area contributed by atoms with Crippen molar-refractivity contribution < 1.29 is 4.92 Å². The third-order valence-corrected chi connectivity index (χ3v) is 4.23. The fourth-order valence-electron chi connectivity index (χ4n) is 2.03. The Balaban J connectivity index is 2.46. The zero-order valence-electron chi connectivity index (χ0n) is 11.1. The molecule has 0 amide bonds. The number of nitro benzene ring substituents is 1. The normalized spacial score (nSPS) is 10.6. The largest absolute Gasteiger partial charge is 0.318 e. The number of nitrogens with two attached hydrogens (primary N) is 1. The molecule has 0 aliphatic heterocycles. The zero-order chi connectivity index (χ0) is 14.9. The van der Waals surface area contributed by atoms with Gasteiger partial charge in [-0.3, -0.25) is 20.6 Å². The maximum absolute atomic E-state index is 11.0. The van der Waals surface area contributed by atoms with Crippen LogP contribution in [0, 0.1) is 24.0 Å². The molecule has 1 heterocycles. The highest BCUT2D eigenvalue weighted by Crippen LogP contribution is 2.29. The van der Waals surface area contributed by atoms with E-state index in [9.17, 15) is 10.1 Å². The van der Waals surface area contributed by atoms with Crippen LogP contribution in [0.3, 0.4) is 0 Å². The lowest BCUT2D eigenvalue weighted by Gasteiger charge is -2.10. The minimum atomic E-state index is -0.462. The summed E-state index contributed by atoms with van der Waals surface area (Å²) in [7, 11) is 0. The molecule has 0 saturated heterocycles. The lowest BCUT2D eigenvalue weighted by molar-refractivity contribution is -0.384. The first kappa shape index (κ1) is 14.5. The van der Waals surface area contributed by atoms with Gasteiger partial charge in [-0.25, -0.2) is 0 Å². The summed E-state index contributed by atoms with van der Waals surface area (Å²) in [4.78, 5) is 10.5. The Morgan fingerprint density at radius 1 is 1.50 bits per heavy atom. The summed E-state index contributed by atoms with van der Waals surface area (Å²) >= 11 is 3.45. The molecule has 2 rings (SSSR count). The van der Waals surface area contributed by atoms with Crippen molar-refractivity contribution >= 4 is 27.3 Å². The predicted octanol–water partition coefficient (Wildman–Crippen LogP) is 2.50. The summed E-state index contributed by atoms with van der Waals surface area (Å²) in [5.74, 6) is 5.42. The standard InChI is InChI=1S/C12H14BrN5O2/c1-7-11(13)8(2)17(16-7)6-9-4-3-5-10(18(19)20)12(9)15-14/h3-5,15H,6,14H2,1-2H3. The van der Waals surface area contributed by atoms with Gasteiger partial charge in [0.2, 0.25) is 0 Å². The molecular weight excluding hydrogens is 326 g/mol. The molecular formula is C12H14BrN5O2. The number of aryl methyl sites for hydroxylation is 1. The number of anilines is 1. The molecule has 8 heteroatoms. The maximum atomic E-state index is 11.0. The van der Waals surface area contributed by atoms with Gasteiger partial charge in [0.1, 0.15) is 5.69 Å². The number of hydrogen-bond donors (Lipinski definition) is 2. The monoisotopic (exact) mass is 339 g/mol. The molecule has 0 aliphatic rings. The van der Waals surface area contributed by atoms with E-state index in [-0.39, 0.29) is 5.69 Å². The van der Waals surface area contributed by atoms with E-state index in [1.807, 2.05) is 13.8 Å². The molecule has 0 spiro atoms. The molecule has 20 heavy (non-hydrogen) atoms. The van der Waals surface area contributed by atoms with Gasteiger partial charge in [0.25, 0.3) is 5.69 Å². The number of hydrazine groups is 1. The van der Waals surface area contributed by atoms with E-state index < -0.39 is 4.92 Å². The molecule has 0 unspecified atom stereocenters. The second-order valence-corrected chi connectivity index (χ2v) is 5.15. The van der Waals surface area contributed by atoms with Crippen molar-refractivity contribution in [2.45, 2.75) is 20.4 Å². The molecule has 7 nitrogen and oxygen atoms in total. The van der Waals surface area contributed by atoms with Crippen LogP contribution in [0.4, 0.5) is 11.4 Å². The van der Waals surface area contributed by atoms with Crippen molar-refractivity contribution in [3.05, 3.63) is 49.7 Å². The summed E-state index contributed by atoms with van der Waals surface area (Å²) in [5, 5.41) is 15.4. The van der Waals surface area contributed by atoms with E-state index in [4.69, 9.17) is 5.84 Å². The van der Waals surface area contributed by atoms with E-state index in [2.05, 4.69) is 26.5 Å². The lowest BCUT2D eigenvalue weighted by Crippen LogP contribution is -2.14. The number of benzene rings is 1. The van der Waals surface area contributed by atoms with E-state index >= 15 is 0 Å². The number of nitrogens with zero attached hydrogens (tertiary/aromatic N) is 3. The van der Waals surface area contributed by atoms with Crippen molar-refractivity contribution in [3.8, 4) is 0 Å². The van der Waals surface area contributed by atoms with E-state index in [1.54, 1.807) is 16.8 Å². The molecule has 0 fully saturated rings. The summed E-state index contributed by atoms with van der Waals surface area (Å²) in [6, 6.07) is 4.83. The summed E-state index contributed by atoms with van der Waals surface area (Å²) in [6.07, 6.45) is 0. The molecule has 0 bridgehead atoms. The van der Waals surface area contributed by atoms with E-state index in [1.165, 1.54) is 6.07 Å². The van der Waals surface area contributed by atoms with E-state index in [0.717, 1.165) is 15.9 Å². The van der Waals surface area contributed by atoms with Gasteiger partial charge in [0.05, 0.1) is 27.3 Å². The van der Waals surface area contributed by atoms with E-state index in [0.29, 0.717) is 17.8 Å². The van der Waals surface area contributed by atoms with Crippen LogP contribution in [0.25, 0.3) is 0 Å². The molecule has 0 atom stereocenters. The van der Waals surface area contributed by atoms with Crippen LogP contribution < -0.4 is 11.3 Å². The van der Waals surface area contributed by atoms with Crippen LogP contribution in [0.2, 0.25) is 0 Å². The Bertz CT molecular complexity index is 668. The smallest absolute Gasteiger partial charge is 0.293 e. The third kappa shape index (κ3) is 2.52. The highest BCUT2D eigenvalue weighted by molar-refractivity contribution is 9.10. The van der Waals surface area contributed by atoms with Crippen LogP contribution in [-0.2, 0) is 6.54 Å². The third-order valence-electron chi connectivity index (χ3n) is 3.08. The number of nitrogen functional groups attached to an aromatic ring is 1. The Hall–Kier alpha value is -1.93. The van der Waals surface area contributed by atoms with Crippen molar-refractivity contribution in [1.82, 2.24) is 9.78 Å². The number of hydrogen-bond acceptors (Lipinski definition) is 5. The number of nitrogens with one attached hydrogen (secondary N) is 1. The number of para-hydroxylation sites is 1. The first-order valence-corrected chi connectivity index (χ1v) is 6.67. The number of nitro groups is 1. The lowest BCUT2D eigenvalue weighted by atomic mass is 10.1. The van der Waals surface area contributed by atoms with Crippen molar-refractivity contribution in [1.29, 1.82) is 0 Å². The number of aromatic nitrogens is 2. The SMILES string of the molecule is Cc1nn(Cc2cccc([N+](=O)[O-])c2NN)c(C)c1Br. The van der Waals surface area contributed by atoms with Crippen LogP contribution in [0.15, 0.2) is 22.7 Å². The first-order valence-electron chi connectivity index (χ1n) is 5.88. The molecule has 0 aliphatic carbocycles. The Morgan fingerprint density at radius 3 is 2.70 bits per heavy atom. The minimum absolute atomic E-state index is 0.0504. The predicted molar refractivity (Wildman–Crippen MR) is 79.4 cm³/mol. The van der Waals surface area contributed by atoms with Gasteiger partial charge in [-0.05, 0) is 29.8 Å². The minimum Gasteiger partial charge on any atom is -0.318 e. The second kappa shape index (κ2) is 5.59. The van der Waals surface area contributed by atoms with Crippen molar-refractivity contribution in [2.24, 2.45) is 5.84 Å². The van der Waals surface area contributed by atoms with Crippen LogP contribution in [-0.4, -0.2) is 14.7 Å². The summed E-state index contributed by atoms with van der Waals surface area (Å²) in [5.41, 5.74) is 5.20. The van der Waals surface area contributed by atoms with Crippen LogP contribution in [0.1, 0.15) is 17.0 Å². The van der Waals surface area contributed by atoms with Crippen molar-refractivity contribution in [2.75, 3.05) is 5.43 Å². The fraction of sp³-hybridized carbons (Fsp3) is 0.250. The Labute approximate surface area is 124 Å². The Kier molecular flexibility index (Phi) is 4.05. The molecule has 106 valence electrons. The second-order valence-electron chi connectivity index (χ2n) is 4.36. The van der Waals surface area contributed by atoms with Gasteiger partial charge in [0, 0.05) is 11.6 Å².